The van der Waals surface area contributed by atoms with Crippen LogP contribution in [0.5, 0.6) is 5.75 Å². The molecule has 0 saturated heterocycles. The first-order chi connectivity index (χ1) is 10.3. The Morgan fingerprint density at radius 2 is 2.00 bits per heavy atom. The topological polar surface area (TPSA) is 44.5 Å². The van der Waals surface area contributed by atoms with Gasteiger partial charge in [-0.25, -0.2) is 0 Å². The Kier molecular flexibility index (Phi) is 6.52. The zero-order valence-electron chi connectivity index (χ0n) is 13.4. The molecule has 0 bridgehead atoms. The van der Waals surface area contributed by atoms with Gasteiger partial charge in [0.1, 0.15) is 12.4 Å². The lowest BCUT2D eigenvalue weighted by atomic mass is 9.73. The molecule has 0 spiro atoms. The van der Waals surface area contributed by atoms with E-state index in [0.717, 1.165) is 18.1 Å². The van der Waals surface area contributed by atoms with Gasteiger partial charge in [0.2, 0.25) is 0 Å². The van der Waals surface area contributed by atoms with Gasteiger partial charge in [-0.15, -0.1) is 0 Å². The molecule has 2 rings (SSSR count). The molecule has 0 aromatic heterocycles. The molecule has 0 heterocycles. The van der Waals surface area contributed by atoms with Crippen LogP contribution in [0.25, 0.3) is 0 Å². The highest BCUT2D eigenvalue weighted by atomic mass is 16.5. The minimum atomic E-state index is 0.255. The van der Waals surface area contributed by atoms with Crippen LogP contribution in [0.3, 0.4) is 0 Å². The molecule has 3 nitrogen and oxygen atoms in total. The molecule has 1 aromatic carbocycles. The summed E-state index contributed by atoms with van der Waals surface area (Å²) >= 11 is 0. The third-order valence-electron chi connectivity index (χ3n) is 4.57. The Bertz CT molecular complexity index is 421. The Labute approximate surface area is 128 Å². The number of hydrogen-bond acceptors (Lipinski definition) is 3. The van der Waals surface area contributed by atoms with Crippen LogP contribution < -0.4 is 10.5 Å². The van der Waals surface area contributed by atoms with Gasteiger partial charge in [0.25, 0.3) is 0 Å². The summed E-state index contributed by atoms with van der Waals surface area (Å²) in [6.07, 6.45) is 6.17. The average molecular weight is 291 g/mol. The number of para-hydroxylation sites is 1. The van der Waals surface area contributed by atoms with Gasteiger partial charge in [-0.3, -0.25) is 0 Å². The van der Waals surface area contributed by atoms with Crippen LogP contribution in [0.4, 0.5) is 0 Å². The molecule has 0 amide bonds. The molecule has 1 saturated carbocycles. The van der Waals surface area contributed by atoms with Gasteiger partial charge in [0.15, 0.2) is 0 Å². The van der Waals surface area contributed by atoms with E-state index < -0.39 is 0 Å². The summed E-state index contributed by atoms with van der Waals surface area (Å²) in [5.41, 5.74) is 7.69. The molecular formula is C18H29NO2. The predicted molar refractivity (Wildman–Crippen MR) is 86.8 cm³/mol. The van der Waals surface area contributed by atoms with E-state index in [9.17, 15) is 0 Å². The summed E-state index contributed by atoms with van der Waals surface area (Å²) in [6, 6.07) is 8.62. The summed E-state index contributed by atoms with van der Waals surface area (Å²) in [7, 11) is 1.70. The van der Waals surface area contributed by atoms with E-state index in [0.29, 0.717) is 19.1 Å². The lowest BCUT2D eigenvalue weighted by molar-refractivity contribution is 0.144. The normalized spacial score (nSPS) is 25.8. The fraction of sp³-hybridized carbons (Fsp3) is 0.667. The van der Waals surface area contributed by atoms with Crippen molar-refractivity contribution in [3.8, 4) is 5.75 Å². The zero-order valence-corrected chi connectivity index (χ0v) is 13.4. The summed E-state index contributed by atoms with van der Waals surface area (Å²) in [5.74, 6) is 2.22. The van der Waals surface area contributed by atoms with Crippen molar-refractivity contribution < 1.29 is 9.47 Å². The van der Waals surface area contributed by atoms with Crippen molar-refractivity contribution in [1.29, 1.82) is 0 Å². The molecular weight excluding hydrogens is 262 g/mol. The van der Waals surface area contributed by atoms with Crippen molar-refractivity contribution in [3.05, 3.63) is 29.8 Å². The lowest BCUT2D eigenvalue weighted by Crippen LogP contribution is -2.34. The molecule has 1 fully saturated rings. The van der Waals surface area contributed by atoms with E-state index in [4.69, 9.17) is 15.2 Å². The number of benzene rings is 1. The maximum atomic E-state index is 6.41. The Morgan fingerprint density at radius 1 is 1.19 bits per heavy atom. The van der Waals surface area contributed by atoms with Crippen LogP contribution in [0.1, 0.15) is 50.5 Å². The SMILES string of the molecule is CCCC1CCC(N)C(c2ccccc2OCCOC)C1. The van der Waals surface area contributed by atoms with Crippen molar-refractivity contribution >= 4 is 0 Å². The monoisotopic (exact) mass is 291 g/mol. The average Bonchev–Trinajstić information content (AvgIpc) is 2.50. The minimum Gasteiger partial charge on any atom is -0.491 e. The molecule has 1 aliphatic rings. The van der Waals surface area contributed by atoms with Gasteiger partial charge < -0.3 is 15.2 Å². The van der Waals surface area contributed by atoms with Gasteiger partial charge in [-0.05, 0) is 36.8 Å². The molecule has 3 heteroatoms. The smallest absolute Gasteiger partial charge is 0.122 e. The van der Waals surface area contributed by atoms with Crippen molar-refractivity contribution in [2.45, 2.75) is 51.0 Å². The first-order valence-corrected chi connectivity index (χ1v) is 8.22. The second kappa shape index (κ2) is 8.40. The number of ether oxygens (including phenoxy) is 2. The first kappa shape index (κ1) is 16.3. The Hall–Kier alpha value is -1.06. The third kappa shape index (κ3) is 4.45. The largest absolute Gasteiger partial charge is 0.491 e. The molecule has 1 aliphatic carbocycles. The van der Waals surface area contributed by atoms with Crippen LogP contribution in [0.15, 0.2) is 24.3 Å². The highest BCUT2D eigenvalue weighted by Crippen LogP contribution is 2.40. The van der Waals surface area contributed by atoms with E-state index in [1.54, 1.807) is 7.11 Å². The fourth-order valence-corrected chi connectivity index (χ4v) is 3.46. The quantitative estimate of drug-likeness (QED) is 0.779. The van der Waals surface area contributed by atoms with Gasteiger partial charge in [0.05, 0.1) is 6.61 Å². The standard InChI is InChI=1S/C18H29NO2/c1-3-6-14-9-10-17(19)16(13-14)15-7-4-5-8-18(15)21-12-11-20-2/h4-5,7-8,14,16-17H,3,6,9-13,19H2,1-2H3. The van der Waals surface area contributed by atoms with Crippen LogP contribution in [0.2, 0.25) is 0 Å². The molecule has 0 radical (unpaired) electrons. The molecule has 21 heavy (non-hydrogen) atoms. The van der Waals surface area contributed by atoms with E-state index in [1.807, 2.05) is 6.07 Å². The van der Waals surface area contributed by atoms with Crippen molar-refractivity contribution in [1.82, 2.24) is 0 Å². The molecule has 1 aromatic rings. The minimum absolute atomic E-state index is 0.255. The summed E-state index contributed by atoms with van der Waals surface area (Å²) in [6.45, 7) is 3.47. The van der Waals surface area contributed by atoms with E-state index in [1.165, 1.54) is 31.2 Å². The second-order valence-electron chi connectivity index (χ2n) is 6.12. The zero-order chi connectivity index (χ0) is 15.1. The predicted octanol–water partition coefficient (Wildman–Crippen LogP) is 3.72. The van der Waals surface area contributed by atoms with Crippen LogP contribution in [-0.2, 0) is 4.74 Å². The van der Waals surface area contributed by atoms with E-state index in [2.05, 4.69) is 25.1 Å². The molecule has 118 valence electrons. The van der Waals surface area contributed by atoms with E-state index >= 15 is 0 Å². The van der Waals surface area contributed by atoms with Gasteiger partial charge >= 0.3 is 0 Å². The highest BCUT2D eigenvalue weighted by molar-refractivity contribution is 5.37. The highest BCUT2D eigenvalue weighted by Gasteiger charge is 2.30. The number of nitrogens with two attached hydrogens (primary N) is 1. The Balaban J connectivity index is 2.10. The molecule has 3 atom stereocenters. The van der Waals surface area contributed by atoms with Gasteiger partial charge in [-0.2, -0.15) is 0 Å². The number of rotatable bonds is 7. The van der Waals surface area contributed by atoms with Crippen molar-refractivity contribution in [2.24, 2.45) is 11.7 Å². The van der Waals surface area contributed by atoms with Crippen molar-refractivity contribution in [3.63, 3.8) is 0 Å². The number of methoxy groups -OCH3 is 1. The molecule has 0 aliphatic heterocycles. The molecule has 2 N–H and O–H groups in total. The third-order valence-corrected chi connectivity index (χ3v) is 4.57. The van der Waals surface area contributed by atoms with Crippen LogP contribution in [-0.4, -0.2) is 26.4 Å². The molecule has 3 unspecified atom stereocenters. The summed E-state index contributed by atoms with van der Waals surface area (Å²) in [4.78, 5) is 0. The maximum Gasteiger partial charge on any atom is 0.122 e. The van der Waals surface area contributed by atoms with Crippen LogP contribution in [0, 0.1) is 5.92 Å². The lowest BCUT2D eigenvalue weighted by Gasteiger charge is -2.35. The van der Waals surface area contributed by atoms with Crippen molar-refractivity contribution in [2.75, 3.05) is 20.3 Å². The first-order valence-electron chi connectivity index (χ1n) is 8.22. The summed E-state index contributed by atoms with van der Waals surface area (Å²) in [5, 5.41) is 0. The van der Waals surface area contributed by atoms with E-state index in [-0.39, 0.29) is 6.04 Å². The maximum absolute atomic E-state index is 6.41. The second-order valence-corrected chi connectivity index (χ2v) is 6.12. The summed E-state index contributed by atoms with van der Waals surface area (Å²) < 4.78 is 11.0. The fourth-order valence-electron chi connectivity index (χ4n) is 3.46. The number of hydrogen-bond donors (Lipinski definition) is 1. The Morgan fingerprint density at radius 3 is 2.76 bits per heavy atom. The van der Waals surface area contributed by atoms with Gasteiger partial charge in [0, 0.05) is 19.1 Å². The van der Waals surface area contributed by atoms with Gasteiger partial charge in [-0.1, -0.05) is 38.0 Å². The van der Waals surface area contributed by atoms with Crippen LogP contribution >= 0.6 is 0 Å².